The van der Waals surface area contributed by atoms with Gasteiger partial charge in [-0.25, -0.2) is 0 Å². The molecular formula is C17H16ClN3O2S. The van der Waals surface area contributed by atoms with E-state index in [9.17, 15) is 4.79 Å². The molecule has 3 aromatic rings. The first-order valence-corrected chi connectivity index (χ1v) is 8.77. The topological polar surface area (TPSA) is 59.2 Å². The normalized spacial score (nSPS) is 10.8. The van der Waals surface area contributed by atoms with Gasteiger partial charge in [-0.1, -0.05) is 23.7 Å². The Morgan fingerprint density at radius 1 is 1.33 bits per heavy atom. The van der Waals surface area contributed by atoms with Gasteiger partial charge in [-0.3, -0.25) is 4.79 Å². The molecule has 0 saturated heterocycles. The van der Waals surface area contributed by atoms with Crippen molar-refractivity contribution >= 4 is 28.8 Å². The van der Waals surface area contributed by atoms with Gasteiger partial charge in [-0.15, -0.1) is 10.2 Å². The summed E-state index contributed by atoms with van der Waals surface area (Å²) in [6, 6.07) is 9.41. The van der Waals surface area contributed by atoms with E-state index in [1.807, 2.05) is 41.1 Å². The van der Waals surface area contributed by atoms with Crippen molar-refractivity contribution in [2.24, 2.45) is 0 Å². The van der Waals surface area contributed by atoms with E-state index in [1.54, 1.807) is 23.3 Å². The first kappa shape index (κ1) is 16.7. The Bertz CT molecular complexity index is 817. The number of nitrogens with zero attached hydrogens (tertiary/aromatic N) is 3. The van der Waals surface area contributed by atoms with E-state index in [-0.39, 0.29) is 5.91 Å². The van der Waals surface area contributed by atoms with Gasteiger partial charge in [0.15, 0.2) is 0 Å². The van der Waals surface area contributed by atoms with E-state index in [2.05, 4.69) is 10.2 Å². The van der Waals surface area contributed by atoms with Gasteiger partial charge in [0.1, 0.15) is 0 Å². The number of carbonyl (C=O) groups excluding carboxylic acids is 1. The number of carbonyl (C=O) groups is 1. The average Bonchev–Trinajstić information content (AvgIpc) is 3.23. The van der Waals surface area contributed by atoms with Crippen LogP contribution in [0, 0.1) is 0 Å². The van der Waals surface area contributed by atoms with E-state index in [4.69, 9.17) is 16.0 Å². The van der Waals surface area contributed by atoms with Crippen LogP contribution in [0.25, 0.3) is 11.5 Å². The highest BCUT2D eigenvalue weighted by Gasteiger charge is 2.13. The molecule has 24 heavy (non-hydrogen) atoms. The fourth-order valence-corrected chi connectivity index (χ4v) is 3.10. The van der Waals surface area contributed by atoms with Gasteiger partial charge >= 0.3 is 0 Å². The Hall–Kier alpha value is -2.18. The molecule has 0 aliphatic carbocycles. The van der Waals surface area contributed by atoms with Crippen molar-refractivity contribution in [1.29, 1.82) is 0 Å². The first-order chi connectivity index (χ1) is 11.6. The summed E-state index contributed by atoms with van der Waals surface area (Å²) >= 11 is 7.53. The second-order valence-electron chi connectivity index (χ2n) is 5.39. The summed E-state index contributed by atoms with van der Waals surface area (Å²) in [5.41, 5.74) is 1.90. The number of hydrogen-bond acceptors (Lipinski definition) is 5. The summed E-state index contributed by atoms with van der Waals surface area (Å²) in [7, 11) is 1.77. The van der Waals surface area contributed by atoms with Gasteiger partial charge in [-0.05, 0) is 29.1 Å². The molecule has 0 aliphatic rings. The van der Waals surface area contributed by atoms with Crippen molar-refractivity contribution in [3.8, 4) is 11.5 Å². The third-order valence-electron chi connectivity index (χ3n) is 3.52. The van der Waals surface area contributed by atoms with Crippen molar-refractivity contribution in [2.75, 3.05) is 7.05 Å². The maximum absolute atomic E-state index is 12.2. The highest BCUT2D eigenvalue weighted by atomic mass is 35.5. The predicted octanol–water partition coefficient (Wildman–Crippen LogP) is 4.04. The van der Waals surface area contributed by atoms with Gasteiger partial charge in [0.25, 0.3) is 0 Å². The van der Waals surface area contributed by atoms with Gasteiger partial charge in [-0.2, -0.15) is 11.3 Å². The largest absolute Gasteiger partial charge is 0.421 e. The number of aromatic nitrogens is 2. The summed E-state index contributed by atoms with van der Waals surface area (Å²) in [6.07, 6.45) is 0.748. The second-order valence-corrected chi connectivity index (χ2v) is 6.61. The van der Waals surface area contributed by atoms with Crippen LogP contribution in [0.2, 0.25) is 5.02 Å². The molecule has 1 aromatic carbocycles. The van der Waals surface area contributed by atoms with Gasteiger partial charge in [0.2, 0.25) is 17.7 Å². The highest BCUT2D eigenvalue weighted by molar-refractivity contribution is 7.08. The molecule has 0 bridgehead atoms. The third kappa shape index (κ3) is 4.21. The number of hydrogen-bond donors (Lipinski definition) is 0. The molecule has 7 heteroatoms. The Labute approximate surface area is 148 Å². The van der Waals surface area contributed by atoms with E-state index in [1.165, 1.54) is 0 Å². The van der Waals surface area contributed by atoms with Crippen LogP contribution in [0.1, 0.15) is 17.9 Å². The monoisotopic (exact) mass is 361 g/mol. The van der Waals surface area contributed by atoms with E-state index in [0.29, 0.717) is 36.2 Å². The molecule has 0 N–H and O–H groups in total. The molecule has 2 aromatic heterocycles. The van der Waals surface area contributed by atoms with Crippen molar-refractivity contribution in [1.82, 2.24) is 15.1 Å². The Balaban J connectivity index is 1.53. The first-order valence-electron chi connectivity index (χ1n) is 7.45. The number of rotatable bonds is 6. The summed E-state index contributed by atoms with van der Waals surface area (Å²) in [5, 5.41) is 12.6. The molecule has 124 valence electrons. The summed E-state index contributed by atoms with van der Waals surface area (Å²) in [5.74, 6) is 0.983. The SMILES string of the molecule is CN(Cc1cccc(Cl)c1)C(=O)CCc1nnc(-c2ccsc2)o1. The van der Waals surface area contributed by atoms with Crippen molar-refractivity contribution in [3.63, 3.8) is 0 Å². The lowest BCUT2D eigenvalue weighted by Crippen LogP contribution is -2.26. The van der Waals surface area contributed by atoms with E-state index in [0.717, 1.165) is 11.1 Å². The molecule has 1 amide bonds. The maximum atomic E-state index is 12.2. The highest BCUT2D eigenvalue weighted by Crippen LogP contribution is 2.21. The lowest BCUT2D eigenvalue weighted by Gasteiger charge is -2.17. The minimum atomic E-state index is 0.0188. The average molecular weight is 362 g/mol. The zero-order valence-electron chi connectivity index (χ0n) is 13.1. The second kappa shape index (κ2) is 7.59. The van der Waals surface area contributed by atoms with Crippen LogP contribution in [-0.4, -0.2) is 28.1 Å². The van der Waals surface area contributed by atoms with Gasteiger partial charge in [0.05, 0.1) is 0 Å². The Kier molecular flexibility index (Phi) is 5.27. The summed E-state index contributed by atoms with van der Waals surface area (Å²) in [4.78, 5) is 13.9. The quantitative estimate of drug-likeness (QED) is 0.664. The van der Waals surface area contributed by atoms with E-state index >= 15 is 0 Å². The van der Waals surface area contributed by atoms with Crippen molar-refractivity contribution < 1.29 is 9.21 Å². The van der Waals surface area contributed by atoms with Crippen LogP contribution in [0.4, 0.5) is 0 Å². The van der Waals surface area contributed by atoms with Crippen LogP contribution >= 0.6 is 22.9 Å². The van der Waals surface area contributed by atoms with Crippen LogP contribution in [0.5, 0.6) is 0 Å². The lowest BCUT2D eigenvalue weighted by molar-refractivity contribution is -0.130. The maximum Gasteiger partial charge on any atom is 0.248 e. The summed E-state index contributed by atoms with van der Waals surface area (Å²) < 4.78 is 5.59. The molecule has 0 radical (unpaired) electrons. The zero-order valence-corrected chi connectivity index (χ0v) is 14.7. The van der Waals surface area contributed by atoms with E-state index < -0.39 is 0 Å². The smallest absolute Gasteiger partial charge is 0.248 e. The minimum absolute atomic E-state index is 0.0188. The molecule has 0 aliphatic heterocycles. The van der Waals surface area contributed by atoms with Gasteiger partial charge in [0, 0.05) is 42.4 Å². The number of amides is 1. The number of halogens is 1. The van der Waals surface area contributed by atoms with Crippen molar-refractivity contribution in [2.45, 2.75) is 19.4 Å². The molecule has 0 atom stereocenters. The molecule has 0 fully saturated rings. The Morgan fingerprint density at radius 2 is 2.21 bits per heavy atom. The predicted molar refractivity (Wildman–Crippen MR) is 93.9 cm³/mol. The molecule has 0 spiro atoms. The summed E-state index contributed by atoms with van der Waals surface area (Å²) in [6.45, 7) is 0.517. The van der Waals surface area contributed by atoms with Crippen LogP contribution in [0.3, 0.4) is 0 Å². The molecule has 0 unspecified atom stereocenters. The standard InChI is InChI=1S/C17H16ClN3O2S/c1-21(10-12-3-2-4-14(18)9-12)16(22)6-5-15-19-20-17(23-15)13-7-8-24-11-13/h2-4,7-9,11H,5-6,10H2,1H3. The minimum Gasteiger partial charge on any atom is -0.421 e. The van der Waals surface area contributed by atoms with Crippen LogP contribution < -0.4 is 0 Å². The fourth-order valence-electron chi connectivity index (χ4n) is 2.26. The Morgan fingerprint density at radius 3 is 2.96 bits per heavy atom. The number of benzene rings is 1. The van der Waals surface area contributed by atoms with Crippen molar-refractivity contribution in [3.05, 3.63) is 57.6 Å². The van der Waals surface area contributed by atoms with Crippen LogP contribution in [0.15, 0.2) is 45.5 Å². The number of aryl methyl sites for hydroxylation is 1. The zero-order chi connectivity index (χ0) is 16.9. The fraction of sp³-hybridized carbons (Fsp3) is 0.235. The van der Waals surface area contributed by atoms with Gasteiger partial charge < -0.3 is 9.32 Å². The van der Waals surface area contributed by atoms with Crippen LogP contribution in [-0.2, 0) is 17.8 Å². The molecule has 2 heterocycles. The molecule has 5 nitrogen and oxygen atoms in total. The molecule has 0 saturated carbocycles. The third-order valence-corrected chi connectivity index (χ3v) is 4.44. The lowest BCUT2D eigenvalue weighted by atomic mass is 10.2. The number of thiophene rings is 1. The molecule has 3 rings (SSSR count). The molecular weight excluding hydrogens is 346 g/mol.